The van der Waals surface area contributed by atoms with E-state index in [0.29, 0.717) is 13.0 Å². The molecular weight excluding hydrogens is 379 g/mol. The number of piperidine rings is 1. The molecule has 156 valence electrons. The normalized spacial score (nSPS) is 20.9. The Labute approximate surface area is 169 Å². The maximum atomic E-state index is 14.8. The molecule has 3 rings (SSSR count). The van der Waals surface area contributed by atoms with Crippen LogP contribution in [0.15, 0.2) is 48.5 Å². The highest BCUT2D eigenvalue weighted by Crippen LogP contribution is 2.23. The van der Waals surface area contributed by atoms with Crippen LogP contribution in [0.1, 0.15) is 30.5 Å². The molecule has 29 heavy (non-hydrogen) atoms. The highest BCUT2D eigenvalue weighted by atomic mass is 19.1. The number of nitrogens with zero attached hydrogens (tertiary/aromatic N) is 2. The first-order chi connectivity index (χ1) is 13.8. The fraction of sp³-hybridized carbons (Fsp3) is 0.409. The summed E-state index contributed by atoms with van der Waals surface area (Å²) in [7, 11) is 1.85. The molecule has 0 bridgehead atoms. The van der Waals surface area contributed by atoms with E-state index in [9.17, 15) is 18.0 Å². The Kier molecular flexibility index (Phi) is 6.79. The fourth-order valence-electron chi connectivity index (χ4n) is 3.62. The van der Waals surface area contributed by atoms with Gasteiger partial charge in [-0.1, -0.05) is 24.3 Å². The number of carbonyl (C=O) groups is 1. The molecule has 0 aliphatic carbocycles. The molecule has 0 unspecified atom stereocenters. The monoisotopic (exact) mass is 405 g/mol. The van der Waals surface area contributed by atoms with E-state index in [1.54, 1.807) is 31.2 Å². The van der Waals surface area contributed by atoms with Crippen molar-refractivity contribution in [2.75, 3.05) is 20.1 Å². The van der Waals surface area contributed by atoms with Crippen molar-refractivity contribution in [1.29, 1.82) is 0 Å². The third kappa shape index (κ3) is 5.50. The second-order valence-corrected chi connectivity index (χ2v) is 7.61. The van der Waals surface area contributed by atoms with Crippen LogP contribution in [0.3, 0.4) is 0 Å². The number of urea groups is 1. The van der Waals surface area contributed by atoms with Gasteiger partial charge >= 0.3 is 6.03 Å². The summed E-state index contributed by atoms with van der Waals surface area (Å²) < 4.78 is 41.2. The topological polar surface area (TPSA) is 35.6 Å². The van der Waals surface area contributed by atoms with E-state index in [0.717, 1.165) is 11.1 Å². The number of alkyl halides is 1. The maximum Gasteiger partial charge on any atom is 0.318 e. The highest BCUT2D eigenvalue weighted by molar-refractivity contribution is 5.75. The van der Waals surface area contributed by atoms with Gasteiger partial charge in [-0.25, -0.2) is 18.0 Å². The molecule has 0 spiro atoms. The Bertz CT molecular complexity index is 813. The van der Waals surface area contributed by atoms with Crippen LogP contribution in [0.2, 0.25) is 0 Å². The lowest BCUT2D eigenvalue weighted by Crippen LogP contribution is -2.55. The first-order valence-electron chi connectivity index (χ1n) is 9.73. The van der Waals surface area contributed by atoms with E-state index in [2.05, 4.69) is 5.32 Å². The Morgan fingerprint density at radius 3 is 2.31 bits per heavy atom. The van der Waals surface area contributed by atoms with Gasteiger partial charge < -0.3 is 15.1 Å². The van der Waals surface area contributed by atoms with Crippen molar-refractivity contribution in [2.24, 2.45) is 0 Å². The van der Waals surface area contributed by atoms with Crippen LogP contribution < -0.4 is 5.32 Å². The molecule has 3 atom stereocenters. The van der Waals surface area contributed by atoms with Gasteiger partial charge in [0.25, 0.3) is 0 Å². The molecule has 4 nitrogen and oxygen atoms in total. The Morgan fingerprint density at radius 2 is 1.72 bits per heavy atom. The van der Waals surface area contributed by atoms with Gasteiger partial charge in [0, 0.05) is 19.6 Å². The molecule has 1 saturated heterocycles. The van der Waals surface area contributed by atoms with E-state index in [4.69, 9.17) is 0 Å². The molecule has 7 heteroatoms. The van der Waals surface area contributed by atoms with Gasteiger partial charge in [-0.2, -0.15) is 0 Å². The van der Waals surface area contributed by atoms with Gasteiger partial charge in [-0.15, -0.1) is 0 Å². The van der Waals surface area contributed by atoms with Crippen molar-refractivity contribution in [3.63, 3.8) is 0 Å². The SMILES string of the molecule is C[C@H](NC(=O)N(Cc1ccc(F)cc1)[C@H]1CCN(C)C[C@H]1F)c1ccc(F)cc1. The number of carbonyl (C=O) groups excluding carboxylic acids is 1. The molecule has 1 aliphatic rings. The zero-order valence-corrected chi connectivity index (χ0v) is 16.6. The van der Waals surface area contributed by atoms with E-state index >= 15 is 0 Å². The van der Waals surface area contributed by atoms with E-state index in [1.165, 1.54) is 29.2 Å². The molecule has 2 aromatic carbocycles. The predicted octanol–water partition coefficient (Wildman–Crippen LogP) is 4.28. The number of halogens is 3. The van der Waals surface area contributed by atoms with Gasteiger partial charge in [0.1, 0.15) is 17.8 Å². The minimum Gasteiger partial charge on any atom is -0.331 e. The Balaban J connectivity index is 1.78. The Hall–Kier alpha value is -2.54. The van der Waals surface area contributed by atoms with Crippen LogP contribution in [-0.4, -0.2) is 48.2 Å². The summed E-state index contributed by atoms with van der Waals surface area (Å²) in [6, 6.07) is 10.4. The van der Waals surface area contributed by atoms with Crippen molar-refractivity contribution >= 4 is 6.03 Å². The number of nitrogens with one attached hydrogen (secondary N) is 1. The van der Waals surface area contributed by atoms with Crippen LogP contribution in [0.4, 0.5) is 18.0 Å². The smallest absolute Gasteiger partial charge is 0.318 e. The Morgan fingerprint density at radius 1 is 1.14 bits per heavy atom. The zero-order chi connectivity index (χ0) is 21.0. The average molecular weight is 405 g/mol. The van der Waals surface area contributed by atoms with Crippen LogP contribution >= 0.6 is 0 Å². The second kappa shape index (κ2) is 9.31. The quantitative estimate of drug-likeness (QED) is 0.806. The van der Waals surface area contributed by atoms with Gasteiger partial charge in [-0.3, -0.25) is 0 Å². The highest BCUT2D eigenvalue weighted by Gasteiger charge is 2.35. The molecule has 1 N–H and O–H groups in total. The van der Waals surface area contributed by atoms with Crippen LogP contribution in [0.25, 0.3) is 0 Å². The van der Waals surface area contributed by atoms with Gasteiger partial charge in [-0.05, 0) is 55.8 Å². The third-order valence-electron chi connectivity index (χ3n) is 5.35. The molecule has 1 heterocycles. The predicted molar refractivity (Wildman–Crippen MR) is 106 cm³/mol. The maximum absolute atomic E-state index is 14.8. The third-order valence-corrected chi connectivity index (χ3v) is 5.35. The molecule has 0 radical (unpaired) electrons. The lowest BCUT2D eigenvalue weighted by molar-refractivity contribution is 0.0565. The summed E-state index contributed by atoms with van der Waals surface area (Å²) >= 11 is 0. The lowest BCUT2D eigenvalue weighted by atomic mass is 10.0. The van der Waals surface area contributed by atoms with E-state index in [-0.39, 0.29) is 30.8 Å². The van der Waals surface area contributed by atoms with Crippen LogP contribution in [-0.2, 0) is 6.54 Å². The van der Waals surface area contributed by atoms with Crippen molar-refractivity contribution < 1.29 is 18.0 Å². The van der Waals surface area contributed by atoms with Crippen molar-refractivity contribution in [3.05, 3.63) is 71.3 Å². The molecular formula is C22H26F3N3O. The average Bonchev–Trinajstić information content (AvgIpc) is 2.68. The van der Waals surface area contributed by atoms with Gasteiger partial charge in [0.15, 0.2) is 0 Å². The molecule has 2 amide bonds. The number of rotatable bonds is 5. The number of hydrogen-bond acceptors (Lipinski definition) is 2. The van der Waals surface area contributed by atoms with Crippen molar-refractivity contribution in [2.45, 2.75) is 38.1 Å². The van der Waals surface area contributed by atoms with E-state index in [1.807, 2.05) is 11.9 Å². The summed E-state index contributed by atoms with van der Waals surface area (Å²) in [5.74, 6) is -0.714. The molecule has 2 aromatic rings. The summed E-state index contributed by atoms with van der Waals surface area (Å²) in [6.45, 7) is 2.91. The largest absolute Gasteiger partial charge is 0.331 e. The summed E-state index contributed by atoms with van der Waals surface area (Å²) in [6.07, 6.45) is -0.668. The number of amides is 2. The van der Waals surface area contributed by atoms with E-state index < -0.39 is 18.2 Å². The summed E-state index contributed by atoms with van der Waals surface area (Å²) in [5, 5.41) is 2.89. The number of hydrogen-bond donors (Lipinski definition) is 1. The molecule has 0 saturated carbocycles. The number of likely N-dealkylation sites (tertiary alicyclic amines) is 1. The molecule has 1 aliphatic heterocycles. The first-order valence-corrected chi connectivity index (χ1v) is 9.73. The summed E-state index contributed by atoms with van der Waals surface area (Å²) in [4.78, 5) is 16.5. The summed E-state index contributed by atoms with van der Waals surface area (Å²) in [5.41, 5.74) is 1.48. The lowest BCUT2D eigenvalue weighted by Gasteiger charge is -2.40. The zero-order valence-electron chi connectivity index (χ0n) is 16.6. The minimum absolute atomic E-state index is 0.178. The number of benzene rings is 2. The van der Waals surface area contributed by atoms with Gasteiger partial charge in [0.05, 0.1) is 12.1 Å². The first kappa shape index (κ1) is 21.2. The van der Waals surface area contributed by atoms with Crippen LogP contribution in [0, 0.1) is 11.6 Å². The van der Waals surface area contributed by atoms with Gasteiger partial charge in [0.2, 0.25) is 0 Å². The minimum atomic E-state index is -1.18. The molecule has 0 aromatic heterocycles. The molecule has 1 fully saturated rings. The second-order valence-electron chi connectivity index (χ2n) is 7.61. The van der Waals surface area contributed by atoms with Crippen molar-refractivity contribution in [1.82, 2.24) is 15.1 Å². The standard InChI is InChI=1S/C22H26F3N3O/c1-15(17-5-9-19(24)10-6-17)26-22(29)28(13-16-3-7-18(23)8-4-16)21-11-12-27(2)14-20(21)25/h3-10,15,20-21H,11-14H2,1-2H3,(H,26,29)/t15-,20+,21-/m0/s1. The van der Waals surface area contributed by atoms with Crippen molar-refractivity contribution in [3.8, 4) is 0 Å². The fourth-order valence-corrected chi connectivity index (χ4v) is 3.62. The van der Waals surface area contributed by atoms with Crippen LogP contribution in [0.5, 0.6) is 0 Å².